The summed E-state index contributed by atoms with van der Waals surface area (Å²) in [6.07, 6.45) is 3.28. The normalized spacial score (nSPS) is 11.6. The summed E-state index contributed by atoms with van der Waals surface area (Å²) in [5.74, 6) is -0.143. The molecule has 0 spiro atoms. The molecule has 21 heavy (non-hydrogen) atoms. The minimum atomic E-state index is -0.437. The van der Waals surface area contributed by atoms with Crippen molar-refractivity contribution >= 4 is 5.97 Å². The Labute approximate surface area is 122 Å². The van der Waals surface area contributed by atoms with Gasteiger partial charge < -0.3 is 24.8 Å². The van der Waals surface area contributed by atoms with E-state index in [2.05, 4.69) is 0 Å². The molecule has 0 bridgehead atoms. The summed E-state index contributed by atoms with van der Waals surface area (Å²) < 4.78 is 9.97. The summed E-state index contributed by atoms with van der Waals surface area (Å²) in [7, 11) is 1.43. The van der Waals surface area contributed by atoms with Gasteiger partial charge in [0.2, 0.25) is 0 Å². The number of ether oxygens (including phenoxy) is 2. The summed E-state index contributed by atoms with van der Waals surface area (Å²) in [6.45, 7) is 0.0881. The number of esters is 1. The van der Waals surface area contributed by atoms with Crippen LogP contribution in [0.2, 0.25) is 0 Å². The van der Waals surface area contributed by atoms with E-state index in [9.17, 15) is 9.90 Å². The van der Waals surface area contributed by atoms with Crippen molar-refractivity contribution < 1.29 is 29.6 Å². The highest BCUT2D eigenvalue weighted by Crippen LogP contribution is 2.26. The van der Waals surface area contributed by atoms with Gasteiger partial charge in [0, 0.05) is 6.42 Å². The van der Waals surface area contributed by atoms with Crippen LogP contribution in [0, 0.1) is 0 Å². The molecule has 0 unspecified atom stereocenters. The van der Waals surface area contributed by atoms with Crippen LogP contribution < -0.4 is 4.74 Å². The van der Waals surface area contributed by atoms with Gasteiger partial charge in [-0.25, -0.2) is 0 Å². The van der Waals surface area contributed by atoms with Gasteiger partial charge in [-0.1, -0.05) is 6.07 Å². The molecule has 0 aromatic heterocycles. The fourth-order valence-electron chi connectivity index (χ4n) is 1.62. The zero-order valence-corrected chi connectivity index (χ0v) is 11.7. The number of aliphatic hydroxyl groups is 2. The van der Waals surface area contributed by atoms with Crippen LogP contribution in [0.1, 0.15) is 12.0 Å². The molecule has 0 atom stereocenters. The molecule has 0 saturated carbocycles. The smallest absolute Gasteiger partial charge is 0.310 e. The van der Waals surface area contributed by atoms with E-state index in [1.54, 1.807) is 12.1 Å². The molecule has 0 saturated heterocycles. The summed E-state index contributed by atoms with van der Waals surface area (Å²) >= 11 is 0. The third-order valence-corrected chi connectivity index (χ3v) is 2.70. The molecule has 0 heterocycles. The van der Waals surface area contributed by atoms with Crippen molar-refractivity contribution in [3.8, 4) is 11.5 Å². The lowest BCUT2D eigenvalue weighted by molar-refractivity contribution is -0.142. The third kappa shape index (κ3) is 5.48. The summed E-state index contributed by atoms with van der Waals surface area (Å²) in [6, 6.07) is 4.61. The molecule has 114 valence electrons. The highest BCUT2D eigenvalue weighted by atomic mass is 16.5. The first kappa shape index (κ1) is 16.4. The largest absolute Gasteiger partial charge is 0.516 e. The predicted molar refractivity (Wildman–Crippen MR) is 76.4 cm³/mol. The Morgan fingerprint density at radius 2 is 2.10 bits per heavy atom. The number of aliphatic hydroxyl groups excluding tert-OH is 2. The summed E-state index contributed by atoms with van der Waals surface area (Å²) in [5, 5.41) is 26.9. The molecule has 1 aromatic rings. The van der Waals surface area contributed by atoms with Crippen molar-refractivity contribution in [2.45, 2.75) is 12.8 Å². The van der Waals surface area contributed by atoms with Crippen molar-refractivity contribution in [3.63, 3.8) is 0 Å². The molecule has 0 radical (unpaired) electrons. The zero-order valence-electron chi connectivity index (χ0n) is 11.7. The zero-order chi connectivity index (χ0) is 15.7. The highest BCUT2D eigenvalue weighted by molar-refractivity contribution is 5.73. The second-order valence-corrected chi connectivity index (χ2v) is 4.17. The van der Waals surface area contributed by atoms with Crippen LogP contribution in [0.25, 0.3) is 0 Å². The van der Waals surface area contributed by atoms with Crippen LogP contribution in [-0.2, 0) is 16.0 Å². The number of phenolic OH excluding ortho intramolecular Hbond substituents is 1. The second-order valence-electron chi connectivity index (χ2n) is 4.17. The number of carbonyl (C=O) groups is 1. The van der Waals surface area contributed by atoms with E-state index in [4.69, 9.17) is 19.7 Å². The first-order chi connectivity index (χ1) is 10.1. The fraction of sp³-hybridized carbons (Fsp3) is 0.267. The molecule has 6 heteroatoms. The Kier molecular flexibility index (Phi) is 6.67. The minimum Gasteiger partial charge on any atom is -0.516 e. The molecular formula is C15H18O6. The van der Waals surface area contributed by atoms with Gasteiger partial charge in [-0.3, -0.25) is 4.79 Å². The van der Waals surface area contributed by atoms with Gasteiger partial charge in [-0.05, 0) is 29.3 Å². The monoisotopic (exact) mass is 294 g/mol. The van der Waals surface area contributed by atoms with E-state index in [0.717, 1.165) is 12.5 Å². The average Bonchev–Trinajstić information content (AvgIpc) is 2.48. The van der Waals surface area contributed by atoms with Crippen LogP contribution in [0.5, 0.6) is 11.5 Å². The lowest BCUT2D eigenvalue weighted by Crippen LogP contribution is -2.09. The average molecular weight is 294 g/mol. The molecule has 6 nitrogen and oxygen atoms in total. The number of carbonyl (C=O) groups excluding carboxylic acids is 1. The fourth-order valence-corrected chi connectivity index (χ4v) is 1.62. The molecule has 1 aromatic carbocycles. The van der Waals surface area contributed by atoms with Crippen molar-refractivity contribution in [2.75, 3.05) is 13.7 Å². The molecule has 3 N–H and O–H groups in total. The lowest BCUT2D eigenvalue weighted by atomic mass is 10.1. The Morgan fingerprint density at radius 3 is 2.71 bits per heavy atom. The van der Waals surface area contributed by atoms with E-state index < -0.39 is 5.97 Å². The predicted octanol–water partition coefficient (Wildman–Crippen LogP) is 2.39. The number of hydrogen-bond donors (Lipinski definition) is 3. The molecule has 1 rings (SSSR count). The van der Waals surface area contributed by atoms with Gasteiger partial charge in [0.25, 0.3) is 0 Å². The van der Waals surface area contributed by atoms with Crippen molar-refractivity contribution in [3.05, 3.63) is 47.9 Å². The van der Waals surface area contributed by atoms with E-state index in [-0.39, 0.29) is 25.2 Å². The van der Waals surface area contributed by atoms with E-state index in [1.807, 2.05) is 0 Å². The van der Waals surface area contributed by atoms with Gasteiger partial charge in [0.15, 0.2) is 11.5 Å². The number of aromatic hydroxyl groups is 1. The highest BCUT2D eigenvalue weighted by Gasteiger charge is 2.08. The van der Waals surface area contributed by atoms with Crippen LogP contribution in [-0.4, -0.2) is 35.0 Å². The number of rotatable bonds is 7. The molecule has 0 aliphatic heterocycles. The second kappa shape index (κ2) is 8.52. The maximum Gasteiger partial charge on any atom is 0.310 e. The van der Waals surface area contributed by atoms with Gasteiger partial charge in [0.1, 0.15) is 0 Å². The molecule has 0 aliphatic rings. The van der Waals surface area contributed by atoms with Gasteiger partial charge in [0.05, 0.1) is 32.7 Å². The maximum atomic E-state index is 11.6. The number of hydrogen-bond acceptors (Lipinski definition) is 6. The van der Waals surface area contributed by atoms with E-state index in [1.165, 1.54) is 19.3 Å². The van der Waals surface area contributed by atoms with Gasteiger partial charge >= 0.3 is 5.97 Å². The summed E-state index contributed by atoms with van der Waals surface area (Å²) in [4.78, 5) is 11.6. The number of allylic oxidation sites excluding steroid dienone is 1. The first-order valence-corrected chi connectivity index (χ1v) is 6.26. The van der Waals surface area contributed by atoms with Crippen LogP contribution in [0.4, 0.5) is 0 Å². The SMILES string of the molecule is COc1cc(CC(=O)OCCC(/C=C\O)=C/O)ccc1O. The van der Waals surface area contributed by atoms with Gasteiger partial charge in [-0.15, -0.1) is 0 Å². The Morgan fingerprint density at radius 1 is 1.33 bits per heavy atom. The molecule has 0 aliphatic carbocycles. The van der Waals surface area contributed by atoms with Crippen LogP contribution in [0.15, 0.2) is 42.4 Å². The van der Waals surface area contributed by atoms with E-state index in [0.29, 0.717) is 16.9 Å². The lowest BCUT2D eigenvalue weighted by Gasteiger charge is -2.07. The summed E-state index contributed by atoms with van der Waals surface area (Å²) in [5.41, 5.74) is 1.10. The standard InChI is InChI=1S/C15H18O6/c1-20-14-8-12(2-3-13(14)18)9-15(19)21-7-5-11(10-17)4-6-16/h2-4,6,8,10,16-18H,5,7,9H2,1H3/b6-4-,11-10+. The first-order valence-electron chi connectivity index (χ1n) is 6.26. The molecular weight excluding hydrogens is 276 g/mol. The Balaban J connectivity index is 2.47. The number of methoxy groups -OCH3 is 1. The Bertz CT molecular complexity index is 533. The van der Waals surface area contributed by atoms with Crippen molar-refractivity contribution in [1.29, 1.82) is 0 Å². The van der Waals surface area contributed by atoms with E-state index >= 15 is 0 Å². The molecule has 0 fully saturated rings. The minimum absolute atomic E-state index is 0.00290. The maximum absolute atomic E-state index is 11.6. The number of benzene rings is 1. The topological polar surface area (TPSA) is 96.2 Å². The number of phenols is 1. The van der Waals surface area contributed by atoms with Gasteiger partial charge in [-0.2, -0.15) is 0 Å². The molecule has 0 amide bonds. The third-order valence-electron chi connectivity index (χ3n) is 2.70. The van der Waals surface area contributed by atoms with Crippen LogP contribution >= 0.6 is 0 Å². The quantitative estimate of drug-likeness (QED) is 0.406. The van der Waals surface area contributed by atoms with Crippen molar-refractivity contribution in [2.24, 2.45) is 0 Å². The van der Waals surface area contributed by atoms with Crippen molar-refractivity contribution in [1.82, 2.24) is 0 Å². The van der Waals surface area contributed by atoms with Crippen LogP contribution in [0.3, 0.4) is 0 Å². The Hall–Kier alpha value is -2.63.